The summed E-state index contributed by atoms with van der Waals surface area (Å²) in [5.41, 5.74) is 1.60. The van der Waals surface area contributed by atoms with Crippen LogP contribution in [0.25, 0.3) is 0 Å². The zero-order valence-corrected chi connectivity index (χ0v) is 17.7. The van der Waals surface area contributed by atoms with Crippen LogP contribution in [0.1, 0.15) is 38.8 Å². The van der Waals surface area contributed by atoms with Crippen molar-refractivity contribution in [3.8, 4) is 0 Å². The number of nitrogens with one attached hydrogen (secondary N) is 2. The maximum Gasteiger partial charge on any atom is 0.411 e. The summed E-state index contributed by atoms with van der Waals surface area (Å²) in [6, 6.07) is 7.09. The Morgan fingerprint density at radius 1 is 1.11 bits per heavy atom. The van der Waals surface area contributed by atoms with E-state index in [9.17, 15) is 17.4 Å². The second-order valence-corrected chi connectivity index (χ2v) is 9.53. The highest BCUT2D eigenvalue weighted by molar-refractivity contribution is 7.86. The quantitative estimate of drug-likeness (QED) is 0.474. The Labute approximate surface area is 167 Å². The molecule has 0 radical (unpaired) electrons. The standard InChI is InChI=1S/C19H30F3N3O2S/c1-5-23-17(24-10-11-28(26)18(2,3)4)25-12-15-6-8-16(9-7-15)13-27-14-19(20,21)22/h6-9H,5,10-14H2,1-4H3,(H2,23,24,25). The fourth-order valence-corrected chi connectivity index (χ4v) is 3.01. The maximum atomic E-state index is 12.1. The number of rotatable bonds is 9. The van der Waals surface area contributed by atoms with Crippen LogP contribution in [0.5, 0.6) is 0 Å². The van der Waals surface area contributed by atoms with Gasteiger partial charge in [0, 0.05) is 34.4 Å². The molecule has 1 aromatic carbocycles. The van der Waals surface area contributed by atoms with Gasteiger partial charge in [-0.2, -0.15) is 13.2 Å². The molecule has 2 N–H and O–H groups in total. The third-order valence-corrected chi connectivity index (χ3v) is 5.53. The highest BCUT2D eigenvalue weighted by atomic mass is 32.2. The van der Waals surface area contributed by atoms with Gasteiger partial charge in [0.2, 0.25) is 0 Å². The number of nitrogens with zero attached hydrogens (tertiary/aromatic N) is 1. The van der Waals surface area contributed by atoms with Gasteiger partial charge in [0.1, 0.15) is 6.61 Å². The molecule has 0 saturated heterocycles. The maximum absolute atomic E-state index is 12.1. The van der Waals surface area contributed by atoms with Gasteiger partial charge in [-0.25, -0.2) is 4.99 Å². The number of hydrogen-bond donors (Lipinski definition) is 2. The number of benzene rings is 1. The molecular weight excluding hydrogens is 391 g/mol. The summed E-state index contributed by atoms with van der Waals surface area (Å²) in [5.74, 6) is 1.16. The predicted molar refractivity (Wildman–Crippen MR) is 108 cm³/mol. The van der Waals surface area contributed by atoms with Crippen molar-refractivity contribution in [2.75, 3.05) is 25.4 Å². The molecule has 5 nitrogen and oxygen atoms in total. The molecule has 1 aromatic rings. The summed E-state index contributed by atoms with van der Waals surface area (Å²) < 4.78 is 52.7. The first-order chi connectivity index (χ1) is 13.0. The van der Waals surface area contributed by atoms with Crippen LogP contribution >= 0.6 is 0 Å². The molecule has 0 aliphatic heterocycles. The van der Waals surface area contributed by atoms with Crippen molar-refractivity contribution in [2.24, 2.45) is 4.99 Å². The molecule has 0 aliphatic carbocycles. The number of halogens is 3. The molecule has 0 aromatic heterocycles. The molecule has 0 heterocycles. The molecule has 1 unspecified atom stereocenters. The lowest BCUT2D eigenvalue weighted by Gasteiger charge is -2.18. The highest BCUT2D eigenvalue weighted by Gasteiger charge is 2.27. The third kappa shape index (κ3) is 10.7. The average Bonchev–Trinajstić information content (AvgIpc) is 2.58. The van der Waals surface area contributed by atoms with Gasteiger partial charge in [-0.3, -0.25) is 4.21 Å². The average molecular weight is 422 g/mol. The van der Waals surface area contributed by atoms with Crippen LogP contribution in [-0.2, 0) is 28.7 Å². The first kappa shape index (κ1) is 24.4. The van der Waals surface area contributed by atoms with Gasteiger partial charge in [0.15, 0.2) is 5.96 Å². The van der Waals surface area contributed by atoms with Crippen LogP contribution in [0, 0.1) is 0 Å². The summed E-state index contributed by atoms with van der Waals surface area (Å²) in [6.07, 6.45) is -4.32. The summed E-state index contributed by atoms with van der Waals surface area (Å²) in [4.78, 5) is 4.48. The number of hydrogen-bond acceptors (Lipinski definition) is 3. The molecule has 160 valence electrons. The Hall–Kier alpha value is -1.61. The van der Waals surface area contributed by atoms with E-state index in [2.05, 4.69) is 20.4 Å². The van der Waals surface area contributed by atoms with E-state index >= 15 is 0 Å². The van der Waals surface area contributed by atoms with Crippen LogP contribution in [0.15, 0.2) is 29.3 Å². The molecule has 0 bridgehead atoms. The van der Waals surface area contributed by atoms with E-state index in [4.69, 9.17) is 0 Å². The van der Waals surface area contributed by atoms with Crippen molar-refractivity contribution >= 4 is 16.8 Å². The fourth-order valence-electron chi connectivity index (χ4n) is 2.11. The normalized spacial score (nSPS) is 14.0. The highest BCUT2D eigenvalue weighted by Crippen LogP contribution is 2.16. The number of alkyl halides is 3. The molecule has 0 amide bonds. The fraction of sp³-hybridized carbons (Fsp3) is 0.632. The van der Waals surface area contributed by atoms with E-state index in [1.165, 1.54) is 0 Å². The van der Waals surface area contributed by atoms with Crippen molar-refractivity contribution < 1.29 is 22.1 Å². The molecule has 9 heteroatoms. The topological polar surface area (TPSA) is 62.7 Å². The first-order valence-corrected chi connectivity index (χ1v) is 10.5. The van der Waals surface area contributed by atoms with Crippen LogP contribution in [0.3, 0.4) is 0 Å². The van der Waals surface area contributed by atoms with E-state index in [1.807, 2.05) is 39.8 Å². The Bertz CT molecular complexity index is 641. The lowest BCUT2D eigenvalue weighted by molar-refractivity contribution is -0.176. The Morgan fingerprint density at radius 2 is 1.71 bits per heavy atom. The van der Waals surface area contributed by atoms with Crippen LogP contribution in [-0.4, -0.2) is 46.5 Å². The van der Waals surface area contributed by atoms with Crippen molar-refractivity contribution in [3.05, 3.63) is 35.4 Å². The molecule has 0 fully saturated rings. The third-order valence-electron chi connectivity index (χ3n) is 3.58. The van der Waals surface area contributed by atoms with E-state index in [-0.39, 0.29) is 11.4 Å². The van der Waals surface area contributed by atoms with Gasteiger partial charge in [-0.1, -0.05) is 24.3 Å². The summed E-state index contributed by atoms with van der Waals surface area (Å²) >= 11 is 0. The molecule has 28 heavy (non-hydrogen) atoms. The van der Waals surface area contributed by atoms with Gasteiger partial charge in [-0.05, 0) is 38.8 Å². The van der Waals surface area contributed by atoms with Crippen LogP contribution in [0.2, 0.25) is 0 Å². The van der Waals surface area contributed by atoms with Gasteiger partial charge in [-0.15, -0.1) is 0 Å². The van der Waals surface area contributed by atoms with Crippen molar-refractivity contribution in [2.45, 2.75) is 51.8 Å². The first-order valence-electron chi connectivity index (χ1n) is 9.14. The number of ether oxygens (including phenoxy) is 1. The minimum absolute atomic E-state index is 0.0851. The predicted octanol–water partition coefficient (Wildman–Crippen LogP) is 3.37. The Balaban J connectivity index is 2.51. The van der Waals surface area contributed by atoms with Crippen LogP contribution < -0.4 is 10.6 Å². The second-order valence-electron chi connectivity index (χ2n) is 7.21. The van der Waals surface area contributed by atoms with E-state index < -0.39 is 23.6 Å². The van der Waals surface area contributed by atoms with Crippen LogP contribution in [0.4, 0.5) is 13.2 Å². The summed E-state index contributed by atoms with van der Waals surface area (Å²) in [5, 5.41) is 6.30. The number of guanidine groups is 1. The summed E-state index contributed by atoms with van der Waals surface area (Å²) in [7, 11) is -0.936. The lowest BCUT2D eigenvalue weighted by Crippen LogP contribution is -2.40. The van der Waals surface area contributed by atoms with Gasteiger partial charge < -0.3 is 15.4 Å². The zero-order chi connectivity index (χ0) is 21.2. The van der Waals surface area contributed by atoms with Gasteiger partial charge in [0.25, 0.3) is 0 Å². The van der Waals surface area contributed by atoms with Crippen molar-refractivity contribution in [1.29, 1.82) is 0 Å². The molecular formula is C19H30F3N3O2S. The largest absolute Gasteiger partial charge is 0.411 e. The number of aliphatic imine (C=N–C) groups is 1. The van der Waals surface area contributed by atoms with Crippen molar-refractivity contribution in [1.82, 2.24) is 10.6 Å². The lowest BCUT2D eigenvalue weighted by atomic mass is 10.1. The van der Waals surface area contributed by atoms with E-state index in [0.717, 1.165) is 5.56 Å². The molecule has 0 spiro atoms. The Kier molecular flexibility index (Phi) is 9.95. The molecule has 0 saturated carbocycles. The second kappa shape index (κ2) is 11.4. The van der Waals surface area contributed by atoms with Gasteiger partial charge >= 0.3 is 6.18 Å². The van der Waals surface area contributed by atoms with E-state index in [1.54, 1.807) is 12.1 Å². The minimum atomic E-state index is -4.32. The Morgan fingerprint density at radius 3 is 2.25 bits per heavy atom. The van der Waals surface area contributed by atoms with E-state index in [0.29, 0.717) is 36.9 Å². The van der Waals surface area contributed by atoms with Crippen molar-refractivity contribution in [3.63, 3.8) is 0 Å². The smallest absolute Gasteiger partial charge is 0.367 e. The molecule has 1 atom stereocenters. The monoisotopic (exact) mass is 421 g/mol. The minimum Gasteiger partial charge on any atom is -0.367 e. The molecule has 0 aliphatic rings. The zero-order valence-electron chi connectivity index (χ0n) is 16.9. The summed E-state index contributed by atoms with van der Waals surface area (Å²) in [6.45, 7) is 8.12. The molecule has 1 rings (SSSR count). The van der Waals surface area contributed by atoms with Gasteiger partial charge in [0.05, 0.1) is 13.2 Å². The SMILES string of the molecule is CCNC(=NCc1ccc(COCC(F)(F)F)cc1)NCCS(=O)C(C)(C)C.